The van der Waals surface area contributed by atoms with Crippen molar-refractivity contribution in [2.45, 2.75) is 18.8 Å². The molecule has 3 aliphatic rings. The van der Waals surface area contributed by atoms with Gasteiger partial charge in [0.25, 0.3) is 0 Å². The van der Waals surface area contributed by atoms with E-state index in [0.717, 1.165) is 11.8 Å². The second-order valence-corrected chi connectivity index (χ2v) is 4.66. The summed E-state index contributed by atoms with van der Waals surface area (Å²) in [5, 5.41) is 0. The minimum atomic E-state index is 0.818. The summed E-state index contributed by atoms with van der Waals surface area (Å²) < 4.78 is 0. The Hall–Kier alpha value is -0.820. The van der Waals surface area contributed by atoms with Gasteiger partial charge in [-0.05, 0) is 43.3 Å². The number of fused-ring (bicyclic) bond motifs is 3. The number of hydrogen-bond acceptors (Lipinski definition) is 1. The van der Waals surface area contributed by atoms with Crippen LogP contribution in [0.3, 0.4) is 0 Å². The van der Waals surface area contributed by atoms with Crippen molar-refractivity contribution in [1.82, 2.24) is 4.90 Å². The summed E-state index contributed by atoms with van der Waals surface area (Å²) in [6.45, 7) is 3.98. The third-order valence-electron chi connectivity index (χ3n) is 3.88. The predicted octanol–water partition coefficient (Wildman–Crippen LogP) is 2.50. The Morgan fingerprint density at radius 2 is 1.71 bits per heavy atom. The molecule has 0 aromatic heterocycles. The maximum Gasteiger partial charge on any atom is 0.00530 e. The minimum Gasteiger partial charge on any atom is -0.303 e. The monoisotopic (exact) mass is 187 g/mol. The van der Waals surface area contributed by atoms with E-state index in [2.05, 4.69) is 35.2 Å². The minimum absolute atomic E-state index is 0.818. The first kappa shape index (κ1) is 8.49. The van der Waals surface area contributed by atoms with Crippen LogP contribution in [-0.2, 0) is 0 Å². The molecule has 3 aliphatic heterocycles. The molecule has 0 spiro atoms. The van der Waals surface area contributed by atoms with Gasteiger partial charge in [0, 0.05) is 6.54 Å². The van der Waals surface area contributed by atoms with Crippen LogP contribution in [-0.4, -0.2) is 24.5 Å². The topological polar surface area (TPSA) is 3.24 Å². The Bertz CT molecular complexity index is 298. The molecule has 14 heavy (non-hydrogen) atoms. The van der Waals surface area contributed by atoms with Gasteiger partial charge < -0.3 is 4.90 Å². The third kappa shape index (κ3) is 1.36. The lowest BCUT2D eigenvalue weighted by atomic mass is 9.75. The van der Waals surface area contributed by atoms with Crippen molar-refractivity contribution in [3.63, 3.8) is 0 Å². The average Bonchev–Trinajstić information content (AvgIpc) is 2.32. The first-order valence-corrected chi connectivity index (χ1v) is 5.71. The molecule has 0 saturated carbocycles. The van der Waals surface area contributed by atoms with Crippen LogP contribution in [0.2, 0.25) is 0 Å². The van der Waals surface area contributed by atoms with Crippen molar-refractivity contribution in [3.05, 3.63) is 35.9 Å². The van der Waals surface area contributed by atoms with Gasteiger partial charge in [-0.1, -0.05) is 30.3 Å². The molecule has 74 valence electrons. The highest BCUT2D eigenvalue weighted by molar-refractivity contribution is 5.22. The molecule has 1 aromatic rings. The van der Waals surface area contributed by atoms with Gasteiger partial charge in [0.15, 0.2) is 0 Å². The molecule has 0 aliphatic carbocycles. The van der Waals surface area contributed by atoms with Crippen molar-refractivity contribution >= 4 is 0 Å². The van der Waals surface area contributed by atoms with Crippen LogP contribution in [0.25, 0.3) is 0 Å². The SMILES string of the molecule is c1ccc([C@@H]2CN3CCC2CC3)cc1. The summed E-state index contributed by atoms with van der Waals surface area (Å²) in [6.07, 6.45) is 2.83. The average molecular weight is 187 g/mol. The normalized spacial score (nSPS) is 35.9. The number of rotatable bonds is 1. The molecule has 1 nitrogen and oxygen atoms in total. The van der Waals surface area contributed by atoms with Gasteiger partial charge in [0.05, 0.1) is 0 Å². The third-order valence-corrected chi connectivity index (χ3v) is 3.88. The van der Waals surface area contributed by atoms with Gasteiger partial charge in [-0.25, -0.2) is 0 Å². The Kier molecular flexibility index (Phi) is 2.06. The summed E-state index contributed by atoms with van der Waals surface area (Å²) in [6, 6.07) is 11.1. The summed E-state index contributed by atoms with van der Waals surface area (Å²) in [4.78, 5) is 2.62. The van der Waals surface area contributed by atoms with Crippen LogP contribution < -0.4 is 0 Å². The predicted molar refractivity (Wildman–Crippen MR) is 58.3 cm³/mol. The van der Waals surface area contributed by atoms with Crippen molar-refractivity contribution in [1.29, 1.82) is 0 Å². The molecule has 0 radical (unpaired) electrons. The molecule has 0 N–H and O–H groups in total. The van der Waals surface area contributed by atoms with Gasteiger partial charge in [0.1, 0.15) is 0 Å². The van der Waals surface area contributed by atoms with Gasteiger partial charge in [0.2, 0.25) is 0 Å². The maximum absolute atomic E-state index is 2.62. The maximum atomic E-state index is 2.62. The highest BCUT2D eigenvalue weighted by Gasteiger charge is 2.34. The molecule has 1 atom stereocenters. The Balaban J connectivity index is 1.86. The first-order chi connectivity index (χ1) is 6.93. The fourth-order valence-electron chi connectivity index (χ4n) is 3.04. The standard InChI is InChI=1S/C13H17N/c1-2-4-11(5-3-1)13-10-14-8-6-12(13)7-9-14/h1-5,12-13H,6-10H2/t13-/m0/s1. The van der Waals surface area contributed by atoms with Crippen LogP contribution in [0, 0.1) is 5.92 Å². The Morgan fingerprint density at radius 3 is 2.29 bits per heavy atom. The Morgan fingerprint density at radius 1 is 1.00 bits per heavy atom. The second kappa shape index (κ2) is 3.39. The smallest absolute Gasteiger partial charge is 0.00530 e. The van der Waals surface area contributed by atoms with Gasteiger partial charge >= 0.3 is 0 Å². The van der Waals surface area contributed by atoms with Crippen LogP contribution in [0.4, 0.5) is 0 Å². The molecular formula is C13H17N. The summed E-state index contributed by atoms with van der Waals surface area (Å²) >= 11 is 0. The fraction of sp³-hybridized carbons (Fsp3) is 0.538. The van der Waals surface area contributed by atoms with Gasteiger partial charge in [-0.3, -0.25) is 0 Å². The lowest BCUT2D eigenvalue weighted by molar-refractivity contribution is 0.0871. The number of nitrogens with zero attached hydrogens (tertiary/aromatic N) is 1. The molecule has 1 aromatic carbocycles. The van der Waals surface area contributed by atoms with E-state index in [1.165, 1.54) is 32.5 Å². The quantitative estimate of drug-likeness (QED) is 0.653. The highest BCUT2D eigenvalue weighted by Crippen LogP contribution is 2.38. The van der Waals surface area contributed by atoms with Crippen molar-refractivity contribution in [2.75, 3.05) is 19.6 Å². The number of piperidine rings is 3. The van der Waals surface area contributed by atoms with E-state index in [9.17, 15) is 0 Å². The zero-order chi connectivity index (χ0) is 9.38. The summed E-state index contributed by atoms with van der Waals surface area (Å²) in [5.41, 5.74) is 1.56. The first-order valence-electron chi connectivity index (χ1n) is 5.71. The van der Waals surface area contributed by atoms with Crippen molar-refractivity contribution < 1.29 is 0 Å². The molecule has 3 fully saturated rings. The molecule has 0 unspecified atom stereocenters. The van der Waals surface area contributed by atoms with E-state index in [4.69, 9.17) is 0 Å². The van der Waals surface area contributed by atoms with Crippen LogP contribution in [0.5, 0.6) is 0 Å². The largest absolute Gasteiger partial charge is 0.303 e. The molecule has 3 heterocycles. The molecule has 3 saturated heterocycles. The highest BCUT2D eigenvalue weighted by atomic mass is 15.1. The zero-order valence-electron chi connectivity index (χ0n) is 8.52. The lowest BCUT2D eigenvalue weighted by Crippen LogP contribution is -2.46. The van der Waals surface area contributed by atoms with E-state index in [0.29, 0.717) is 0 Å². The van der Waals surface area contributed by atoms with E-state index in [-0.39, 0.29) is 0 Å². The molecule has 1 heteroatoms. The zero-order valence-corrected chi connectivity index (χ0v) is 8.52. The van der Waals surface area contributed by atoms with Crippen molar-refractivity contribution in [3.8, 4) is 0 Å². The summed E-state index contributed by atoms with van der Waals surface area (Å²) in [5.74, 6) is 1.78. The summed E-state index contributed by atoms with van der Waals surface area (Å²) in [7, 11) is 0. The van der Waals surface area contributed by atoms with Crippen LogP contribution in [0.15, 0.2) is 30.3 Å². The fourth-order valence-corrected chi connectivity index (χ4v) is 3.04. The number of benzene rings is 1. The van der Waals surface area contributed by atoms with Crippen molar-refractivity contribution in [2.24, 2.45) is 5.92 Å². The molecule has 4 rings (SSSR count). The lowest BCUT2D eigenvalue weighted by Gasteiger charge is -2.45. The van der Waals surface area contributed by atoms with Gasteiger partial charge in [-0.2, -0.15) is 0 Å². The van der Waals surface area contributed by atoms with E-state index in [1.807, 2.05) is 0 Å². The van der Waals surface area contributed by atoms with Crippen LogP contribution >= 0.6 is 0 Å². The molecular weight excluding hydrogens is 170 g/mol. The van der Waals surface area contributed by atoms with Gasteiger partial charge in [-0.15, -0.1) is 0 Å². The Labute approximate surface area is 85.7 Å². The molecule has 2 bridgehead atoms. The van der Waals surface area contributed by atoms with E-state index < -0.39 is 0 Å². The second-order valence-electron chi connectivity index (χ2n) is 4.66. The molecule has 0 amide bonds. The van der Waals surface area contributed by atoms with E-state index in [1.54, 1.807) is 5.56 Å². The van der Waals surface area contributed by atoms with Crippen LogP contribution in [0.1, 0.15) is 24.3 Å². The van der Waals surface area contributed by atoms with E-state index >= 15 is 0 Å². The number of hydrogen-bond donors (Lipinski definition) is 0.